The van der Waals surface area contributed by atoms with Gasteiger partial charge in [-0.3, -0.25) is 0 Å². The summed E-state index contributed by atoms with van der Waals surface area (Å²) in [6, 6.07) is 82.7. The molecule has 0 fully saturated rings. The molecule has 0 radical (unpaired) electrons. The fourth-order valence-electron chi connectivity index (χ4n) is 14.8. The highest BCUT2D eigenvalue weighted by molar-refractivity contribution is 6.20. The zero-order chi connectivity index (χ0) is 56.2. The lowest BCUT2D eigenvalue weighted by molar-refractivity contribution is 0.651. The molecule has 0 bridgehead atoms. The highest BCUT2D eigenvalue weighted by Gasteiger charge is 2.37. The summed E-state index contributed by atoms with van der Waals surface area (Å²) in [5.41, 5.74) is 24.1. The van der Waals surface area contributed by atoms with Crippen LogP contribution in [-0.4, -0.2) is 0 Å². The van der Waals surface area contributed by atoms with Gasteiger partial charge in [-0.15, -0.1) is 0 Å². The molecule has 0 aliphatic heterocycles. The minimum Gasteiger partial charge on any atom is -0.456 e. The van der Waals surface area contributed by atoms with Gasteiger partial charge in [-0.1, -0.05) is 125 Å². The number of hydrogen-bond acceptors (Lipinski definition) is 7. The molecule has 5 aromatic heterocycles. The van der Waals surface area contributed by atoms with E-state index in [4.69, 9.17) is 22.1 Å². The van der Waals surface area contributed by atoms with E-state index in [1.165, 1.54) is 44.5 Å². The van der Waals surface area contributed by atoms with E-state index in [1.807, 2.05) is 36.4 Å². The van der Waals surface area contributed by atoms with Crippen molar-refractivity contribution >= 4 is 144 Å². The van der Waals surface area contributed by atoms with Crippen LogP contribution in [0.15, 0.2) is 253 Å². The molecule has 19 rings (SSSR count). The summed E-state index contributed by atoms with van der Waals surface area (Å²) in [5.74, 6) is 0. The maximum atomic E-state index is 6.84. The summed E-state index contributed by atoms with van der Waals surface area (Å²) in [4.78, 5) is 4.65. The Balaban J connectivity index is 0.724. The Kier molecular flexibility index (Phi) is 9.08. The first-order valence-electron chi connectivity index (χ1n) is 29.2. The van der Waals surface area contributed by atoms with E-state index in [0.29, 0.717) is 0 Å². The molecule has 5 heterocycles. The summed E-state index contributed by atoms with van der Waals surface area (Å²) in [7, 11) is 0. The van der Waals surface area contributed by atoms with Crippen molar-refractivity contribution in [2.24, 2.45) is 0 Å². The van der Waals surface area contributed by atoms with E-state index < -0.39 is 0 Å². The SMILES string of the molecule is CC1(C)c2ccccc2-c2ccc(N(c3ccc4c(c3)oc3ccccc34)c3ccc4c(c3)oc3cc5oc6cc7oc8cc(N(c9ccc%10c(c9)C(C)(C)c9ccccc9-%10)c9ccc%10c(c9)oc9ccccc9%10)ccc8c7cc6c5cc34)cc21. The van der Waals surface area contributed by atoms with Crippen molar-refractivity contribution in [3.05, 3.63) is 253 Å². The Morgan fingerprint density at radius 1 is 0.212 bits per heavy atom. The number of nitrogens with zero attached hydrogens (tertiary/aromatic N) is 2. The second-order valence-electron chi connectivity index (χ2n) is 24.4. The smallest absolute Gasteiger partial charge is 0.139 e. The van der Waals surface area contributed by atoms with Gasteiger partial charge in [0.2, 0.25) is 0 Å². The Bertz CT molecular complexity index is 5430. The number of fused-ring (bicyclic) bond motifs is 21. The molecule has 0 unspecified atom stereocenters. The standard InChI is InChI=1S/C78H50N2O5/c1-77(2)63-17-9-5-13-49(63)51-27-21-43(33-65(51)77)79(45-23-29-55-53-15-7-11-19-67(53)81-69(55)35-45)47-25-31-57-59-39-61-62-40-60-58-32-26-48(38-72(58)84-74(60)42-76(62)85-75(61)41-73(59)83-71(57)37-47)80(46-24-30-56-54-16-8-12-20-68(54)82-70(56)36-46)44-22-28-52-50-14-6-10-18-64(50)78(3,4)66(52)34-44/h5-42H,1-4H3. The van der Waals surface area contributed by atoms with Crippen molar-refractivity contribution in [3.63, 3.8) is 0 Å². The Morgan fingerprint density at radius 3 is 0.882 bits per heavy atom. The molecule has 0 N–H and O–H groups in total. The lowest BCUT2D eigenvalue weighted by Crippen LogP contribution is -2.16. The van der Waals surface area contributed by atoms with Crippen LogP contribution in [0.2, 0.25) is 0 Å². The zero-order valence-corrected chi connectivity index (χ0v) is 46.9. The predicted molar refractivity (Wildman–Crippen MR) is 347 cm³/mol. The molecular formula is C78H50N2O5. The van der Waals surface area contributed by atoms with Gasteiger partial charge in [0, 0.05) is 135 Å². The van der Waals surface area contributed by atoms with Crippen molar-refractivity contribution in [3.8, 4) is 22.3 Å². The van der Waals surface area contributed by atoms with Crippen molar-refractivity contribution in [2.75, 3.05) is 9.80 Å². The average molecular weight is 1100 g/mol. The van der Waals surface area contributed by atoms with Gasteiger partial charge in [-0.2, -0.15) is 0 Å². The van der Waals surface area contributed by atoms with Gasteiger partial charge in [-0.05, 0) is 142 Å². The molecule has 12 aromatic carbocycles. The molecule has 85 heavy (non-hydrogen) atoms. The minimum atomic E-state index is -0.175. The monoisotopic (exact) mass is 1090 g/mol. The summed E-state index contributed by atoms with van der Waals surface area (Å²) in [6.45, 7) is 9.32. The number of anilines is 6. The topological polar surface area (TPSA) is 72.2 Å². The number of hydrogen-bond donors (Lipinski definition) is 0. The van der Waals surface area contributed by atoms with Crippen LogP contribution in [-0.2, 0) is 10.8 Å². The summed E-state index contributed by atoms with van der Waals surface area (Å²) in [6.07, 6.45) is 0. The van der Waals surface area contributed by atoms with E-state index in [9.17, 15) is 0 Å². The number of rotatable bonds is 6. The molecule has 7 nitrogen and oxygen atoms in total. The predicted octanol–water partition coefficient (Wildman–Crippen LogP) is 22.7. The van der Waals surface area contributed by atoms with Crippen LogP contribution in [0.25, 0.3) is 132 Å². The van der Waals surface area contributed by atoms with Gasteiger partial charge in [0.15, 0.2) is 0 Å². The first kappa shape index (κ1) is 46.8. The molecule has 2 aliphatic rings. The zero-order valence-electron chi connectivity index (χ0n) is 46.9. The number of para-hydroxylation sites is 2. The molecule has 7 heteroatoms. The number of benzene rings is 12. The fraction of sp³-hybridized carbons (Fsp3) is 0.0769. The van der Waals surface area contributed by atoms with E-state index in [-0.39, 0.29) is 10.8 Å². The molecule has 0 saturated heterocycles. The molecule has 0 spiro atoms. The van der Waals surface area contributed by atoms with Crippen molar-refractivity contribution < 1.29 is 22.1 Å². The molecule has 0 amide bonds. The van der Waals surface area contributed by atoms with Crippen LogP contribution >= 0.6 is 0 Å². The quantitative estimate of drug-likeness (QED) is 0.164. The summed E-state index contributed by atoms with van der Waals surface area (Å²) >= 11 is 0. The fourth-order valence-corrected chi connectivity index (χ4v) is 14.8. The van der Waals surface area contributed by atoms with Crippen molar-refractivity contribution in [1.29, 1.82) is 0 Å². The van der Waals surface area contributed by atoms with Gasteiger partial charge >= 0.3 is 0 Å². The first-order chi connectivity index (χ1) is 41.6. The molecule has 2 aliphatic carbocycles. The molecular weight excluding hydrogens is 1040 g/mol. The largest absolute Gasteiger partial charge is 0.456 e. The maximum absolute atomic E-state index is 6.84. The van der Waals surface area contributed by atoms with Crippen molar-refractivity contribution in [2.45, 2.75) is 38.5 Å². The van der Waals surface area contributed by atoms with Crippen LogP contribution in [0.1, 0.15) is 49.9 Å². The average Bonchev–Trinajstić information content (AvgIpc) is 1.87. The third-order valence-corrected chi connectivity index (χ3v) is 19.0. The Morgan fingerprint density at radius 2 is 0.482 bits per heavy atom. The van der Waals surface area contributed by atoms with Crippen LogP contribution in [0.5, 0.6) is 0 Å². The van der Waals surface area contributed by atoms with E-state index in [2.05, 4.69) is 232 Å². The van der Waals surface area contributed by atoms with Crippen LogP contribution in [0.4, 0.5) is 34.1 Å². The van der Waals surface area contributed by atoms with E-state index in [0.717, 1.165) is 144 Å². The van der Waals surface area contributed by atoms with Gasteiger partial charge in [0.05, 0.1) is 0 Å². The summed E-state index contributed by atoms with van der Waals surface area (Å²) < 4.78 is 33.4. The van der Waals surface area contributed by atoms with Crippen LogP contribution in [0, 0.1) is 0 Å². The minimum absolute atomic E-state index is 0.175. The van der Waals surface area contributed by atoms with Crippen molar-refractivity contribution in [1.82, 2.24) is 0 Å². The molecule has 0 atom stereocenters. The summed E-state index contributed by atoms with van der Waals surface area (Å²) in [5, 5.41) is 10.5. The Hall–Kier alpha value is -10.8. The highest BCUT2D eigenvalue weighted by atomic mass is 16.4. The Labute approximate surface area is 486 Å². The van der Waals surface area contributed by atoms with Gasteiger partial charge in [0.1, 0.15) is 55.8 Å². The normalized spacial score (nSPS) is 14.1. The van der Waals surface area contributed by atoms with Gasteiger partial charge in [-0.25, -0.2) is 0 Å². The first-order valence-corrected chi connectivity index (χ1v) is 29.2. The molecule has 0 saturated carbocycles. The van der Waals surface area contributed by atoms with E-state index >= 15 is 0 Å². The van der Waals surface area contributed by atoms with Gasteiger partial charge in [0.25, 0.3) is 0 Å². The third kappa shape index (κ3) is 6.49. The number of furan rings is 5. The lowest BCUT2D eigenvalue weighted by Gasteiger charge is -2.28. The van der Waals surface area contributed by atoms with Crippen LogP contribution < -0.4 is 9.80 Å². The third-order valence-electron chi connectivity index (χ3n) is 19.0. The molecule has 402 valence electrons. The van der Waals surface area contributed by atoms with Crippen LogP contribution in [0.3, 0.4) is 0 Å². The highest BCUT2D eigenvalue weighted by Crippen LogP contribution is 2.54. The van der Waals surface area contributed by atoms with Gasteiger partial charge < -0.3 is 31.9 Å². The maximum Gasteiger partial charge on any atom is 0.139 e. The second-order valence-corrected chi connectivity index (χ2v) is 24.4. The lowest BCUT2D eigenvalue weighted by atomic mass is 9.82. The second kappa shape index (κ2) is 16.5. The molecule has 17 aromatic rings. The van der Waals surface area contributed by atoms with E-state index in [1.54, 1.807) is 0 Å².